The molecule has 0 aliphatic heterocycles. The Bertz CT molecular complexity index is 551. The van der Waals surface area contributed by atoms with Gasteiger partial charge >= 0.3 is 5.97 Å². The molecule has 0 radical (unpaired) electrons. The van der Waals surface area contributed by atoms with Gasteiger partial charge in [0.05, 0.1) is 5.92 Å². The van der Waals surface area contributed by atoms with E-state index in [1.54, 1.807) is 0 Å². The number of benzene rings is 1. The van der Waals surface area contributed by atoms with E-state index in [2.05, 4.69) is 6.92 Å². The van der Waals surface area contributed by atoms with Crippen molar-refractivity contribution in [1.29, 1.82) is 0 Å². The van der Waals surface area contributed by atoms with Crippen LogP contribution in [-0.4, -0.2) is 16.2 Å². The van der Waals surface area contributed by atoms with Crippen LogP contribution in [0.5, 0.6) is 5.75 Å². The fourth-order valence-electron chi connectivity index (χ4n) is 3.80. The number of carbonyl (C=O) groups is 1. The minimum absolute atomic E-state index is 0.326. The standard InChI is InChI=1S/C24H40O3/c1-4-6-7-8-9-10-11-12-13-14-15-22(24(26)27)18-20-16-19(3)23(25)21(5-2)17-20/h16-17,22,25H,4-15,18H2,1-3H3,(H,26,27). The number of aryl methyl sites for hydroxylation is 2. The highest BCUT2D eigenvalue weighted by atomic mass is 16.4. The minimum atomic E-state index is -0.699. The van der Waals surface area contributed by atoms with E-state index < -0.39 is 5.97 Å². The van der Waals surface area contributed by atoms with Crippen LogP contribution < -0.4 is 0 Å². The molecule has 2 N–H and O–H groups in total. The smallest absolute Gasteiger partial charge is 0.306 e. The Morgan fingerprint density at radius 2 is 1.48 bits per heavy atom. The summed E-state index contributed by atoms with van der Waals surface area (Å²) in [6, 6.07) is 3.90. The van der Waals surface area contributed by atoms with Gasteiger partial charge < -0.3 is 10.2 Å². The van der Waals surface area contributed by atoms with Crippen molar-refractivity contribution in [2.24, 2.45) is 5.92 Å². The lowest BCUT2D eigenvalue weighted by Gasteiger charge is -2.15. The second-order valence-electron chi connectivity index (χ2n) is 7.98. The van der Waals surface area contributed by atoms with Gasteiger partial charge in [-0.1, -0.05) is 90.2 Å². The monoisotopic (exact) mass is 376 g/mol. The third-order valence-corrected chi connectivity index (χ3v) is 5.56. The number of unbranched alkanes of at least 4 members (excludes halogenated alkanes) is 9. The molecule has 27 heavy (non-hydrogen) atoms. The second kappa shape index (κ2) is 13.6. The quantitative estimate of drug-likeness (QED) is 0.330. The van der Waals surface area contributed by atoms with Crippen molar-refractivity contribution in [1.82, 2.24) is 0 Å². The Kier molecular flexibility index (Phi) is 11.9. The van der Waals surface area contributed by atoms with Crippen molar-refractivity contribution in [2.45, 2.75) is 104 Å². The summed E-state index contributed by atoms with van der Waals surface area (Å²) in [6.07, 6.45) is 14.7. The topological polar surface area (TPSA) is 57.5 Å². The zero-order valence-corrected chi connectivity index (χ0v) is 17.7. The highest BCUT2D eigenvalue weighted by Crippen LogP contribution is 2.27. The largest absolute Gasteiger partial charge is 0.507 e. The zero-order valence-electron chi connectivity index (χ0n) is 17.7. The normalized spacial score (nSPS) is 12.3. The summed E-state index contributed by atoms with van der Waals surface area (Å²) in [6.45, 7) is 6.14. The van der Waals surface area contributed by atoms with Gasteiger partial charge in [-0.05, 0) is 42.9 Å². The van der Waals surface area contributed by atoms with Gasteiger partial charge in [-0.2, -0.15) is 0 Å². The van der Waals surface area contributed by atoms with Crippen molar-refractivity contribution in [2.75, 3.05) is 0 Å². The molecule has 1 unspecified atom stereocenters. The van der Waals surface area contributed by atoms with E-state index >= 15 is 0 Å². The number of rotatable bonds is 15. The predicted molar refractivity (Wildman–Crippen MR) is 114 cm³/mol. The van der Waals surface area contributed by atoms with E-state index in [0.29, 0.717) is 12.2 Å². The number of aromatic hydroxyl groups is 1. The number of phenols is 1. The SMILES string of the molecule is CCCCCCCCCCCCC(Cc1cc(C)c(O)c(CC)c1)C(=O)O. The Labute approximate surface area is 166 Å². The molecular weight excluding hydrogens is 336 g/mol. The van der Waals surface area contributed by atoms with Crippen LogP contribution in [0.3, 0.4) is 0 Å². The van der Waals surface area contributed by atoms with Crippen molar-refractivity contribution in [3.8, 4) is 5.75 Å². The van der Waals surface area contributed by atoms with Crippen molar-refractivity contribution < 1.29 is 15.0 Å². The number of hydrogen-bond acceptors (Lipinski definition) is 2. The van der Waals surface area contributed by atoms with Crippen LogP contribution in [0.1, 0.15) is 101 Å². The molecule has 3 nitrogen and oxygen atoms in total. The summed E-state index contributed by atoms with van der Waals surface area (Å²) >= 11 is 0. The lowest BCUT2D eigenvalue weighted by atomic mass is 9.91. The second-order valence-corrected chi connectivity index (χ2v) is 7.98. The molecule has 0 aromatic heterocycles. The van der Waals surface area contributed by atoms with Crippen LogP contribution in [0.4, 0.5) is 0 Å². The van der Waals surface area contributed by atoms with Crippen LogP contribution in [0.25, 0.3) is 0 Å². The van der Waals surface area contributed by atoms with Crippen LogP contribution in [0.15, 0.2) is 12.1 Å². The van der Waals surface area contributed by atoms with E-state index in [0.717, 1.165) is 42.4 Å². The molecule has 0 spiro atoms. The Hall–Kier alpha value is -1.51. The van der Waals surface area contributed by atoms with Gasteiger partial charge in [-0.3, -0.25) is 4.79 Å². The maximum absolute atomic E-state index is 11.7. The first-order valence-corrected chi connectivity index (χ1v) is 11.0. The molecule has 0 aliphatic carbocycles. The van der Waals surface area contributed by atoms with Crippen LogP contribution >= 0.6 is 0 Å². The Morgan fingerprint density at radius 3 is 2.00 bits per heavy atom. The molecule has 1 rings (SSSR count). The molecule has 0 bridgehead atoms. The van der Waals surface area contributed by atoms with Gasteiger partial charge in [0.15, 0.2) is 0 Å². The average Bonchev–Trinajstić information content (AvgIpc) is 2.64. The van der Waals surface area contributed by atoms with Gasteiger partial charge in [0.1, 0.15) is 5.75 Å². The summed E-state index contributed by atoms with van der Waals surface area (Å²) in [5, 5.41) is 19.6. The van der Waals surface area contributed by atoms with Crippen molar-refractivity contribution >= 4 is 5.97 Å². The van der Waals surface area contributed by atoms with E-state index in [-0.39, 0.29) is 5.92 Å². The Morgan fingerprint density at radius 1 is 0.926 bits per heavy atom. The maximum Gasteiger partial charge on any atom is 0.306 e. The Balaban J connectivity index is 2.33. The highest BCUT2D eigenvalue weighted by Gasteiger charge is 2.18. The predicted octanol–water partition coefficient (Wildman–Crippen LogP) is 6.82. The first-order chi connectivity index (χ1) is 13.0. The van der Waals surface area contributed by atoms with Crippen LogP contribution in [0, 0.1) is 12.8 Å². The number of aliphatic carboxylic acids is 1. The molecule has 0 saturated heterocycles. The lowest BCUT2D eigenvalue weighted by molar-refractivity contribution is -0.142. The molecule has 0 aliphatic rings. The number of phenolic OH excluding ortho intramolecular Hbond substituents is 1. The third-order valence-electron chi connectivity index (χ3n) is 5.56. The van der Waals surface area contributed by atoms with Crippen molar-refractivity contribution in [3.63, 3.8) is 0 Å². The number of carboxylic acid groups (broad SMARTS) is 1. The summed E-state index contributed by atoms with van der Waals surface area (Å²) in [7, 11) is 0. The fraction of sp³-hybridized carbons (Fsp3) is 0.708. The van der Waals surface area contributed by atoms with Crippen LogP contribution in [0.2, 0.25) is 0 Å². The van der Waals surface area contributed by atoms with Crippen molar-refractivity contribution in [3.05, 3.63) is 28.8 Å². The summed E-state index contributed by atoms with van der Waals surface area (Å²) in [5.74, 6) is -0.676. The summed E-state index contributed by atoms with van der Waals surface area (Å²) in [5.41, 5.74) is 2.78. The summed E-state index contributed by atoms with van der Waals surface area (Å²) < 4.78 is 0. The van der Waals surface area contributed by atoms with E-state index in [1.807, 2.05) is 26.0 Å². The van der Waals surface area contributed by atoms with Gasteiger partial charge in [0.25, 0.3) is 0 Å². The fourth-order valence-corrected chi connectivity index (χ4v) is 3.80. The first-order valence-electron chi connectivity index (χ1n) is 11.0. The van der Waals surface area contributed by atoms with E-state index in [9.17, 15) is 15.0 Å². The molecule has 1 atom stereocenters. The number of carboxylic acids is 1. The average molecular weight is 377 g/mol. The zero-order chi connectivity index (χ0) is 20.1. The molecule has 0 saturated carbocycles. The highest BCUT2D eigenvalue weighted by molar-refractivity contribution is 5.70. The third kappa shape index (κ3) is 9.30. The summed E-state index contributed by atoms with van der Waals surface area (Å²) in [4.78, 5) is 11.7. The van der Waals surface area contributed by atoms with E-state index in [1.165, 1.54) is 51.4 Å². The number of hydrogen-bond donors (Lipinski definition) is 2. The molecule has 1 aromatic rings. The molecule has 0 amide bonds. The minimum Gasteiger partial charge on any atom is -0.507 e. The van der Waals surface area contributed by atoms with Gasteiger partial charge in [0, 0.05) is 0 Å². The molecule has 154 valence electrons. The first kappa shape index (κ1) is 23.5. The van der Waals surface area contributed by atoms with Gasteiger partial charge in [0.2, 0.25) is 0 Å². The lowest BCUT2D eigenvalue weighted by Crippen LogP contribution is -2.16. The molecule has 0 fully saturated rings. The van der Waals surface area contributed by atoms with E-state index in [4.69, 9.17) is 0 Å². The molecule has 0 heterocycles. The maximum atomic E-state index is 11.7. The van der Waals surface area contributed by atoms with Gasteiger partial charge in [-0.15, -0.1) is 0 Å². The van der Waals surface area contributed by atoms with Crippen LogP contribution in [-0.2, 0) is 17.6 Å². The molecule has 1 aromatic carbocycles. The van der Waals surface area contributed by atoms with Gasteiger partial charge in [-0.25, -0.2) is 0 Å². The molecule has 3 heteroatoms. The molecular formula is C24H40O3.